The molecule has 0 aliphatic heterocycles. The fourth-order valence-corrected chi connectivity index (χ4v) is 1.97. The van der Waals surface area contributed by atoms with Gasteiger partial charge in [0.25, 0.3) is 0 Å². The van der Waals surface area contributed by atoms with E-state index in [0.29, 0.717) is 23.2 Å². The van der Waals surface area contributed by atoms with Crippen LogP contribution in [0.3, 0.4) is 0 Å². The van der Waals surface area contributed by atoms with E-state index in [1.54, 1.807) is 26.4 Å². The van der Waals surface area contributed by atoms with Crippen molar-refractivity contribution in [1.82, 2.24) is 10.1 Å². The number of ether oxygens (including phenoxy) is 2. The fourth-order valence-electron chi connectivity index (χ4n) is 1.47. The molecule has 0 saturated carbocycles. The van der Waals surface area contributed by atoms with Gasteiger partial charge in [-0.1, -0.05) is 5.16 Å². The Bertz CT molecular complexity index is 556. The molecule has 0 unspecified atom stereocenters. The molecular formula is C11H12BrN3O3. The minimum atomic E-state index is 0.206. The lowest BCUT2D eigenvalue weighted by Crippen LogP contribution is -1.96. The zero-order valence-corrected chi connectivity index (χ0v) is 11.5. The van der Waals surface area contributed by atoms with E-state index in [1.807, 2.05) is 0 Å². The molecule has 1 aromatic carbocycles. The summed E-state index contributed by atoms with van der Waals surface area (Å²) in [4.78, 5) is 4.16. The second kappa shape index (κ2) is 5.36. The van der Waals surface area contributed by atoms with E-state index in [-0.39, 0.29) is 6.54 Å². The highest BCUT2D eigenvalue weighted by atomic mass is 79.9. The molecule has 0 amide bonds. The molecule has 1 heterocycles. The Morgan fingerprint density at radius 2 is 1.94 bits per heavy atom. The minimum Gasteiger partial charge on any atom is -0.493 e. The Morgan fingerprint density at radius 1 is 1.28 bits per heavy atom. The standard InChI is InChI=1S/C11H12BrN3O3/c1-16-8-3-6(7(12)4-9(8)17-2)11-14-10(5-13)18-15-11/h3-4H,5,13H2,1-2H3. The summed E-state index contributed by atoms with van der Waals surface area (Å²) in [5.41, 5.74) is 6.17. The minimum absolute atomic E-state index is 0.206. The number of hydrogen-bond acceptors (Lipinski definition) is 6. The lowest BCUT2D eigenvalue weighted by Gasteiger charge is -2.09. The van der Waals surface area contributed by atoms with Gasteiger partial charge in [0, 0.05) is 10.0 Å². The number of hydrogen-bond donors (Lipinski definition) is 1. The van der Waals surface area contributed by atoms with E-state index >= 15 is 0 Å². The molecule has 0 spiro atoms. The van der Waals surface area contributed by atoms with Gasteiger partial charge in [-0.05, 0) is 28.1 Å². The van der Waals surface area contributed by atoms with Gasteiger partial charge in [-0.15, -0.1) is 0 Å². The van der Waals surface area contributed by atoms with Crippen molar-refractivity contribution in [3.05, 3.63) is 22.5 Å². The Morgan fingerprint density at radius 3 is 2.50 bits per heavy atom. The first kappa shape index (κ1) is 12.8. The van der Waals surface area contributed by atoms with Crippen LogP contribution in [0, 0.1) is 0 Å². The van der Waals surface area contributed by atoms with Crippen LogP contribution in [-0.2, 0) is 6.54 Å². The molecule has 0 saturated heterocycles. The normalized spacial score (nSPS) is 10.4. The molecule has 2 N–H and O–H groups in total. The first-order valence-corrected chi connectivity index (χ1v) is 5.93. The highest BCUT2D eigenvalue weighted by Gasteiger charge is 2.15. The molecule has 0 atom stereocenters. The molecule has 0 aliphatic carbocycles. The topological polar surface area (TPSA) is 83.4 Å². The molecule has 0 bridgehead atoms. The summed E-state index contributed by atoms with van der Waals surface area (Å²) >= 11 is 3.43. The van der Waals surface area contributed by atoms with Gasteiger partial charge in [0.15, 0.2) is 11.5 Å². The smallest absolute Gasteiger partial charge is 0.240 e. The Hall–Kier alpha value is -1.60. The summed E-state index contributed by atoms with van der Waals surface area (Å²) in [6, 6.07) is 3.56. The Balaban J connectivity index is 2.50. The van der Waals surface area contributed by atoms with Crippen molar-refractivity contribution in [2.75, 3.05) is 14.2 Å². The maximum absolute atomic E-state index is 5.43. The number of methoxy groups -OCH3 is 2. The molecule has 18 heavy (non-hydrogen) atoms. The predicted molar refractivity (Wildman–Crippen MR) is 68.4 cm³/mol. The van der Waals surface area contributed by atoms with Gasteiger partial charge in [-0.3, -0.25) is 0 Å². The van der Waals surface area contributed by atoms with E-state index in [1.165, 1.54) is 0 Å². The van der Waals surface area contributed by atoms with Gasteiger partial charge in [0.1, 0.15) is 0 Å². The van der Waals surface area contributed by atoms with Crippen LogP contribution in [0.25, 0.3) is 11.4 Å². The highest BCUT2D eigenvalue weighted by Crippen LogP contribution is 2.37. The van der Waals surface area contributed by atoms with Crippen molar-refractivity contribution in [1.29, 1.82) is 0 Å². The van der Waals surface area contributed by atoms with E-state index in [0.717, 1.165) is 10.0 Å². The fraction of sp³-hybridized carbons (Fsp3) is 0.273. The lowest BCUT2D eigenvalue weighted by atomic mass is 10.2. The molecule has 1 aromatic heterocycles. The van der Waals surface area contributed by atoms with E-state index in [2.05, 4.69) is 26.1 Å². The van der Waals surface area contributed by atoms with Gasteiger partial charge in [-0.2, -0.15) is 4.98 Å². The number of halogens is 1. The first-order valence-electron chi connectivity index (χ1n) is 5.14. The third kappa shape index (κ3) is 2.32. The quantitative estimate of drug-likeness (QED) is 0.929. The molecule has 2 rings (SSSR count). The second-order valence-electron chi connectivity index (χ2n) is 3.40. The molecular weight excluding hydrogens is 302 g/mol. The Labute approximate surface area is 112 Å². The molecule has 2 aromatic rings. The third-order valence-corrected chi connectivity index (χ3v) is 3.01. The van der Waals surface area contributed by atoms with Gasteiger partial charge < -0.3 is 19.7 Å². The molecule has 7 heteroatoms. The zero-order chi connectivity index (χ0) is 13.1. The summed E-state index contributed by atoms with van der Waals surface area (Å²) in [7, 11) is 3.14. The average molecular weight is 314 g/mol. The van der Waals surface area contributed by atoms with Crippen molar-refractivity contribution >= 4 is 15.9 Å². The van der Waals surface area contributed by atoms with Gasteiger partial charge in [0.2, 0.25) is 11.7 Å². The molecule has 0 radical (unpaired) electrons. The van der Waals surface area contributed by atoms with Crippen LogP contribution in [0.5, 0.6) is 11.5 Å². The summed E-state index contributed by atoms with van der Waals surface area (Å²) in [5.74, 6) is 2.04. The van der Waals surface area contributed by atoms with Crippen LogP contribution in [-0.4, -0.2) is 24.4 Å². The number of nitrogens with zero attached hydrogens (tertiary/aromatic N) is 2. The van der Waals surface area contributed by atoms with Crippen LogP contribution in [0.2, 0.25) is 0 Å². The lowest BCUT2D eigenvalue weighted by molar-refractivity contribution is 0.355. The molecule has 0 fully saturated rings. The summed E-state index contributed by atoms with van der Waals surface area (Å²) < 4.78 is 16.2. The highest BCUT2D eigenvalue weighted by molar-refractivity contribution is 9.10. The summed E-state index contributed by atoms with van der Waals surface area (Å²) in [6.45, 7) is 0.206. The SMILES string of the molecule is COc1cc(Br)c(-c2noc(CN)n2)cc1OC. The van der Waals surface area contributed by atoms with Crippen molar-refractivity contribution in [3.63, 3.8) is 0 Å². The number of nitrogens with two attached hydrogens (primary N) is 1. The maximum atomic E-state index is 5.43. The van der Waals surface area contributed by atoms with Crippen LogP contribution in [0.15, 0.2) is 21.1 Å². The maximum Gasteiger partial charge on any atom is 0.240 e. The van der Waals surface area contributed by atoms with Gasteiger partial charge in [0.05, 0.1) is 20.8 Å². The van der Waals surface area contributed by atoms with Crippen LogP contribution >= 0.6 is 15.9 Å². The number of aromatic nitrogens is 2. The van der Waals surface area contributed by atoms with Crippen molar-refractivity contribution in [2.45, 2.75) is 6.54 Å². The van der Waals surface area contributed by atoms with Crippen molar-refractivity contribution < 1.29 is 14.0 Å². The van der Waals surface area contributed by atoms with E-state index < -0.39 is 0 Å². The number of benzene rings is 1. The summed E-state index contributed by atoms with van der Waals surface area (Å²) in [6.07, 6.45) is 0. The summed E-state index contributed by atoms with van der Waals surface area (Å²) in [5, 5.41) is 3.86. The van der Waals surface area contributed by atoms with Gasteiger partial charge >= 0.3 is 0 Å². The van der Waals surface area contributed by atoms with E-state index in [9.17, 15) is 0 Å². The monoisotopic (exact) mass is 313 g/mol. The molecule has 96 valence electrons. The largest absolute Gasteiger partial charge is 0.493 e. The zero-order valence-electron chi connectivity index (χ0n) is 9.94. The van der Waals surface area contributed by atoms with Crippen molar-refractivity contribution in [3.8, 4) is 22.9 Å². The Kier molecular flexibility index (Phi) is 3.83. The molecule has 0 aliphatic rings. The predicted octanol–water partition coefficient (Wildman–Crippen LogP) is 1.97. The third-order valence-electron chi connectivity index (χ3n) is 2.36. The second-order valence-corrected chi connectivity index (χ2v) is 4.26. The van der Waals surface area contributed by atoms with Crippen LogP contribution in [0.1, 0.15) is 5.89 Å². The average Bonchev–Trinajstić information content (AvgIpc) is 2.86. The van der Waals surface area contributed by atoms with Crippen LogP contribution in [0.4, 0.5) is 0 Å². The van der Waals surface area contributed by atoms with Crippen LogP contribution < -0.4 is 15.2 Å². The molecule has 6 nitrogen and oxygen atoms in total. The van der Waals surface area contributed by atoms with E-state index in [4.69, 9.17) is 19.7 Å². The first-order chi connectivity index (χ1) is 8.69. The number of rotatable bonds is 4. The van der Waals surface area contributed by atoms with Gasteiger partial charge in [-0.25, -0.2) is 0 Å². The van der Waals surface area contributed by atoms with Crippen molar-refractivity contribution in [2.24, 2.45) is 5.73 Å².